The molecule has 2 amide bonds. The van der Waals surface area contributed by atoms with Gasteiger partial charge < -0.3 is 5.32 Å². The summed E-state index contributed by atoms with van der Waals surface area (Å²) in [4.78, 5) is 22.2. The Bertz CT molecular complexity index is 395. The predicted octanol–water partition coefficient (Wildman–Crippen LogP) is -0.0645. The van der Waals surface area contributed by atoms with Gasteiger partial charge in [-0.1, -0.05) is 12.1 Å². The van der Waals surface area contributed by atoms with E-state index >= 15 is 0 Å². The zero-order valence-electron chi connectivity index (χ0n) is 8.50. The van der Waals surface area contributed by atoms with Crippen LogP contribution in [0.5, 0.6) is 0 Å². The number of carbonyl (C=O) groups is 2. The molecule has 4 N–H and O–H groups in total. The quantitative estimate of drug-likeness (QED) is 0.381. The number of amides is 2. The maximum atomic E-state index is 13.1. The normalized spacial score (nSPS) is 9.62. The molecule has 0 bridgehead atoms. The molecule has 0 aromatic heterocycles. The van der Waals surface area contributed by atoms with Crippen molar-refractivity contribution in [3.63, 3.8) is 0 Å². The van der Waals surface area contributed by atoms with E-state index in [1.165, 1.54) is 18.2 Å². The van der Waals surface area contributed by atoms with E-state index in [1.54, 1.807) is 6.07 Å². The Morgan fingerprint density at radius 3 is 2.62 bits per heavy atom. The van der Waals surface area contributed by atoms with Crippen molar-refractivity contribution in [2.45, 2.75) is 6.42 Å². The van der Waals surface area contributed by atoms with Crippen molar-refractivity contribution >= 4 is 11.8 Å². The van der Waals surface area contributed by atoms with Gasteiger partial charge in [0.05, 0.1) is 5.56 Å². The minimum Gasteiger partial charge on any atom is -0.351 e. The van der Waals surface area contributed by atoms with Crippen LogP contribution in [0.15, 0.2) is 24.3 Å². The number of hydrogen-bond donors (Lipinski definition) is 3. The molecule has 0 aliphatic carbocycles. The number of nitrogens with two attached hydrogens (primary N) is 1. The molecular formula is C10H12FN3O2. The minimum atomic E-state index is -0.594. The van der Waals surface area contributed by atoms with E-state index in [0.717, 1.165) is 0 Å². The van der Waals surface area contributed by atoms with Crippen molar-refractivity contribution in [1.29, 1.82) is 0 Å². The first-order valence-corrected chi connectivity index (χ1v) is 4.67. The Morgan fingerprint density at radius 1 is 1.31 bits per heavy atom. The van der Waals surface area contributed by atoms with E-state index in [1.807, 2.05) is 5.43 Å². The van der Waals surface area contributed by atoms with E-state index in [-0.39, 0.29) is 18.5 Å². The van der Waals surface area contributed by atoms with Crippen LogP contribution < -0.4 is 16.6 Å². The zero-order valence-corrected chi connectivity index (χ0v) is 8.50. The highest BCUT2D eigenvalue weighted by atomic mass is 19.1. The average molecular weight is 225 g/mol. The fourth-order valence-electron chi connectivity index (χ4n) is 1.10. The van der Waals surface area contributed by atoms with E-state index in [4.69, 9.17) is 5.84 Å². The Morgan fingerprint density at radius 2 is 2.00 bits per heavy atom. The summed E-state index contributed by atoms with van der Waals surface area (Å²) in [5.74, 6) is 3.31. The molecule has 1 aromatic carbocycles. The largest absolute Gasteiger partial charge is 0.351 e. The minimum absolute atomic E-state index is 0.0457. The fraction of sp³-hybridized carbons (Fsp3) is 0.200. The van der Waals surface area contributed by atoms with Crippen LogP contribution in [0, 0.1) is 5.82 Å². The van der Waals surface area contributed by atoms with Crippen molar-refractivity contribution in [2.75, 3.05) is 6.54 Å². The fourth-order valence-corrected chi connectivity index (χ4v) is 1.10. The number of rotatable bonds is 4. The maximum Gasteiger partial charge on any atom is 0.254 e. The maximum absolute atomic E-state index is 13.1. The second kappa shape index (κ2) is 5.82. The highest BCUT2D eigenvalue weighted by Crippen LogP contribution is 2.05. The van der Waals surface area contributed by atoms with Crippen molar-refractivity contribution in [1.82, 2.24) is 10.7 Å². The molecule has 0 spiro atoms. The van der Waals surface area contributed by atoms with Gasteiger partial charge in [0.25, 0.3) is 5.91 Å². The van der Waals surface area contributed by atoms with E-state index in [9.17, 15) is 14.0 Å². The molecule has 0 unspecified atom stereocenters. The molecule has 1 aromatic rings. The second-order valence-electron chi connectivity index (χ2n) is 3.05. The molecule has 0 saturated heterocycles. The summed E-state index contributed by atoms with van der Waals surface area (Å²) in [6, 6.07) is 5.62. The predicted molar refractivity (Wildman–Crippen MR) is 55.7 cm³/mol. The molecule has 0 saturated carbocycles. The lowest BCUT2D eigenvalue weighted by atomic mass is 10.2. The average Bonchev–Trinajstić information content (AvgIpc) is 2.29. The van der Waals surface area contributed by atoms with Crippen molar-refractivity contribution in [2.24, 2.45) is 5.84 Å². The van der Waals surface area contributed by atoms with Crippen LogP contribution in [0.4, 0.5) is 4.39 Å². The smallest absolute Gasteiger partial charge is 0.254 e. The van der Waals surface area contributed by atoms with Gasteiger partial charge in [-0.05, 0) is 12.1 Å². The summed E-state index contributed by atoms with van der Waals surface area (Å²) in [6.07, 6.45) is 0.0523. The first-order chi connectivity index (χ1) is 7.65. The van der Waals surface area contributed by atoms with Crippen LogP contribution >= 0.6 is 0 Å². The third kappa shape index (κ3) is 3.32. The number of hydrogen-bond acceptors (Lipinski definition) is 3. The topological polar surface area (TPSA) is 84.2 Å². The lowest BCUT2D eigenvalue weighted by Crippen LogP contribution is -2.34. The van der Waals surface area contributed by atoms with E-state index in [2.05, 4.69) is 5.32 Å². The molecule has 0 fully saturated rings. The molecule has 5 nitrogen and oxygen atoms in total. The van der Waals surface area contributed by atoms with Gasteiger partial charge in [-0.3, -0.25) is 15.0 Å². The molecule has 0 aliphatic heterocycles. The van der Waals surface area contributed by atoms with Gasteiger partial charge in [-0.25, -0.2) is 10.2 Å². The Labute approximate surface area is 91.8 Å². The van der Waals surface area contributed by atoms with Crippen molar-refractivity contribution < 1.29 is 14.0 Å². The van der Waals surface area contributed by atoms with Crippen LogP contribution in [0.25, 0.3) is 0 Å². The van der Waals surface area contributed by atoms with E-state index < -0.39 is 17.6 Å². The lowest BCUT2D eigenvalue weighted by Gasteiger charge is -2.05. The molecule has 1 rings (SSSR count). The molecule has 0 radical (unpaired) electrons. The number of hydrazine groups is 1. The van der Waals surface area contributed by atoms with Gasteiger partial charge in [0, 0.05) is 13.0 Å². The molecule has 0 aliphatic rings. The second-order valence-corrected chi connectivity index (χ2v) is 3.05. The lowest BCUT2D eigenvalue weighted by molar-refractivity contribution is -0.121. The van der Waals surface area contributed by atoms with Crippen LogP contribution in [-0.4, -0.2) is 18.4 Å². The molecule has 6 heteroatoms. The van der Waals surface area contributed by atoms with Gasteiger partial charge in [0.2, 0.25) is 5.91 Å². The summed E-state index contributed by atoms with van der Waals surface area (Å²) in [5.41, 5.74) is 1.88. The zero-order chi connectivity index (χ0) is 12.0. The number of halogens is 1. The summed E-state index contributed by atoms with van der Waals surface area (Å²) in [6.45, 7) is 0.107. The van der Waals surface area contributed by atoms with Crippen LogP contribution in [0.2, 0.25) is 0 Å². The Kier molecular flexibility index (Phi) is 4.41. The Balaban J connectivity index is 2.47. The van der Waals surface area contributed by atoms with Gasteiger partial charge in [0.15, 0.2) is 0 Å². The monoisotopic (exact) mass is 225 g/mol. The van der Waals surface area contributed by atoms with Crippen LogP contribution in [0.1, 0.15) is 16.8 Å². The summed E-state index contributed by atoms with van der Waals surface area (Å²) in [7, 11) is 0. The molecule has 0 heterocycles. The van der Waals surface area contributed by atoms with Crippen molar-refractivity contribution in [3.05, 3.63) is 35.6 Å². The standard InChI is InChI=1S/C10H12FN3O2/c11-8-4-2-1-3-7(8)10(16)13-6-5-9(15)14-12/h1-4H,5-6,12H2,(H,13,16)(H,14,15). The van der Waals surface area contributed by atoms with Crippen molar-refractivity contribution in [3.8, 4) is 0 Å². The summed E-state index contributed by atoms with van der Waals surface area (Å²) >= 11 is 0. The number of benzene rings is 1. The van der Waals surface area contributed by atoms with Gasteiger partial charge in [0.1, 0.15) is 5.82 Å². The summed E-state index contributed by atoms with van der Waals surface area (Å²) < 4.78 is 13.1. The third-order valence-electron chi connectivity index (χ3n) is 1.92. The highest BCUT2D eigenvalue weighted by Gasteiger charge is 2.10. The number of carbonyl (C=O) groups excluding carboxylic acids is 2. The highest BCUT2D eigenvalue weighted by molar-refractivity contribution is 5.94. The molecular weight excluding hydrogens is 213 g/mol. The SMILES string of the molecule is NNC(=O)CCNC(=O)c1ccccc1F. The van der Waals surface area contributed by atoms with Gasteiger partial charge in [-0.2, -0.15) is 0 Å². The number of nitrogens with one attached hydrogen (secondary N) is 2. The molecule has 16 heavy (non-hydrogen) atoms. The van der Waals surface area contributed by atoms with Gasteiger partial charge in [-0.15, -0.1) is 0 Å². The Hall–Kier alpha value is -1.95. The third-order valence-corrected chi connectivity index (χ3v) is 1.92. The van der Waals surface area contributed by atoms with Crippen LogP contribution in [0.3, 0.4) is 0 Å². The molecule has 0 atom stereocenters. The summed E-state index contributed by atoms with van der Waals surface area (Å²) in [5, 5.41) is 2.41. The first-order valence-electron chi connectivity index (χ1n) is 4.67. The van der Waals surface area contributed by atoms with Crippen LogP contribution in [-0.2, 0) is 4.79 Å². The molecule has 86 valence electrons. The van der Waals surface area contributed by atoms with Gasteiger partial charge >= 0.3 is 0 Å². The van der Waals surface area contributed by atoms with E-state index in [0.29, 0.717) is 0 Å². The first kappa shape index (κ1) is 12.1.